The number of hydrogen-bond acceptors (Lipinski definition) is 1. The Balaban J connectivity index is 2.08. The number of carboxylic acids is 1. The first-order chi connectivity index (χ1) is 9.16. The molecule has 0 spiro atoms. The molecular formula is C16H15ClO2. The van der Waals surface area contributed by atoms with E-state index in [4.69, 9.17) is 11.6 Å². The summed E-state index contributed by atoms with van der Waals surface area (Å²) in [7, 11) is 0. The first kappa shape index (κ1) is 13.6. The summed E-state index contributed by atoms with van der Waals surface area (Å²) in [5.74, 6) is -1.26. The van der Waals surface area contributed by atoms with E-state index in [1.54, 1.807) is 0 Å². The molecule has 0 heterocycles. The lowest BCUT2D eigenvalue weighted by Gasteiger charge is -2.12. The van der Waals surface area contributed by atoms with Crippen LogP contribution in [0.4, 0.5) is 0 Å². The molecule has 1 N–H and O–H groups in total. The summed E-state index contributed by atoms with van der Waals surface area (Å²) in [6.45, 7) is 0. The third-order valence-corrected chi connectivity index (χ3v) is 3.35. The van der Waals surface area contributed by atoms with Gasteiger partial charge in [-0.05, 0) is 36.1 Å². The molecule has 0 aliphatic heterocycles. The predicted octanol–water partition coefficient (Wildman–Crippen LogP) is 4.14. The van der Waals surface area contributed by atoms with E-state index < -0.39 is 11.9 Å². The van der Waals surface area contributed by atoms with Crippen molar-refractivity contribution in [1.29, 1.82) is 0 Å². The third-order valence-electron chi connectivity index (χ3n) is 3.11. The molecule has 2 aromatic carbocycles. The lowest BCUT2D eigenvalue weighted by molar-refractivity contribution is -0.138. The fraction of sp³-hybridized carbons (Fsp3) is 0.188. The van der Waals surface area contributed by atoms with Gasteiger partial charge >= 0.3 is 5.97 Å². The van der Waals surface area contributed by atoms with Gasteiger partial charge in [0.1, 0.15) is 0 Å². The largest absolute Gasteiger partial charge is 0.481 e. The summed E-state index contributed by atoms with van der Waals surface area (Å²) in [6.07, 6.45) is 1.27. The molecule has 0 aliphatic rings. The Kier molecular flexibility index (Phi) is 4.58. The van der Waals surface area contributed by atoms with Gasteiger partial charge in [0.25, 0.3) is 0 Å². The van der Waals surface area contributed by atoms with Crippen LogP contribution in [-0.2, 0) is 11.2 Å². The molecule has 0 aromatic heterocycles. The summed E-state index contributed by atoms with van der Waals surface area (Å²) in [5, 5.41) is 10.0. The zero-order valence-corrected chi connectivity index (χ0v) is 11.2. The van der Waals surface area contributed by atoms with Crippen molar-refractivity contribution < 1.29 is 9.90 Å². The number of rotatable bonds is 5. The maximum absolute atomic E-state index is 11.4. The van der Waals surface area contributed by atoms with Gasteiger partial charge in [-0.1, -0.05) is 54.1 Å². The molecule has 19 heavy (non-hydrogen) atoms. The maximum atomic E-state index is 11.4. The first-order valence-electron chi connectivity index (χ1n) is 6.19. The van der Waals surface area contributed by atoms with Crippen molar-refractivity contribution in [3.05, 3.63) is 70.7 Å². The number of aliphatic carboxylic acids is 1. The Bertz CT molecular complexity index is 552. The van der Waals surface area contributed by atoms with Gasteiger partial charge in [0, 0.05) is 5.02 Å². The topological polar surface area (TPSA) is 37.3 Å². The van der Waals surface area contributed by atoms with Crippen LogP contribution in [0.3, 0.4) is 0 Å². The van der Waals surface area contributed by atoms with Crippen molar-refractivity contribution in [2.45, 2.75) is 18.8 Å². The van der Waals surface area contributed by atoms with Crippen LogP contribution in [0, 0.1) is 0 Å². The summed E-state index contributed by atoms with van der Waals surface area (Å²) in [5.41, 5.74) is 1.91. The minimum absolute atomic E-state index is 0.472. The number of carbonyl (C=O) groups is 1. The Morgan fingerprint density at radius 1 is 1.11 bits per heavy atom. The van der Waals surface area contributed by atoms with Gasteiger partial charge < -0.3 is 5.11 Å². The van der Waals surface area contributed by atoms with Crippen molar-refractivity contribution in [3.63, 3.8) is 0 Å². The standard InChI is InChI=1S/C16H15ClO2/c17-14-8-4-5-12(11-14)9-10-15(16(18)19)13-6-2-1-3-7-13/h1-8,11,15H,9-10H2,(H,18,19). The zero-order chi connectivity index (χ0) is 13.7. The van der Waals surface area contributed by atoms with Crippen LogP contribution in [0.25, 0.3) is 0 Å². The highest BCUT2D eigenvalue weighted by Gasteiger charge is 2.19. The fourth-order valence-electron chi connectivity index (χ4n) is 2.12. The molecule has 0 saturated heterocycles. The fourth-order valence-corrected chi connectivity index (χ4v) is 2.33. The van der Waals surface area contributed by atoms with Crippen LogP contribution in [0.15, 0.2) is 54.6 Å². The van der Waals surface area contributed by atoms with Crippen LogP contribution in [0.1, 0.15) is 23.5 Å². The molecule has 0 amide bonds. The summed E-state index contributed by atoms with van der Waals surface area (Å²) >= 11 is 5.92. The van der Waals surface area contributed by atoms with Gasteiger partial charge in [0.15, 0.2) is 0 Å². The highest BCUT2D eigenvalue weighted by Crippen LogP contribution is 2.23. The van der Waals surface area contributed by atoms with Crippen molar-refractivity contribution in [2.75, 3.05) is 0 Å². The van der Waals surface area contributed by atoms with Crippen LogP contribution in [0.2, 0.25) is 5.02 Å². The molecule has 2 aromatic rings. The van der Waals surface area contributed by atoms with E-state index in [1.807, 2.05) is 54.6 Å². The lowest BCUT2D eigenvalue weighted by atomic mass is 9.92. The molecule has 3 heteroatoms. The Labute approximate surface area is 117 Å². The van der Waals surface area contributed by atoms with Crippen molar-refractivity contribution in [3.8, 4) is 0 Å². The van der Waals surface area contributed by atoms with E-state index >= 15 is 0 Å². The molecule has 2 rings (SSSR count). The van der Waals surface area contributed by atoms with E-state index in [0.29, 0.717) is 17.9 Å². The van der Waals surface area contributed by atoms with Gasteiger partial charge in [0.2, 0.25) is 0 Å². The zero-order valence-electron chi connectivity index (χ0n) is 10.4. The van der Waals surface area contributed by atoms with Crippen LogP contribution in [0.5, 0.6) is 0 Å². The molecule has 1 atom stereocenters. The average Bonchev–Trinajstić information content (AvgIpc) is 2.40. The van der Waals surface area contributed by atoms with Crippen LogP contribution in [-0.4, -0.2) is 11.1 Å². The van der Waals surface area contributed by atoms with E-state index in [1.165, 1.54) is 0 Å². The third kappa shape index (κ3) is 3.83. The molecule has 1 unspecified atom stereocenters. The van der Waals surface area contributed by atoms with Crippen molar-refractivity contribution >= 4 is 17.6 Å². The van der Waals surface area contributed by atoms with E-state index in [2.05, 4.69) is 0 Å². The van der Waals surface area contributed by atoms with Crippen molar-refractivity contribution in [2.24, 2.45) is 0 Å². The van der Waals surface area contributed by atoms with Gasteiger partial charge in [-0.3, -0.25) is 4.79 Å². The molecule has 0 saturated carbocycles. The highest BCUT2D eigenvalue weighted by atomic mass is 35.5. The van der Waals surface area contributed by atoms with Gasteiger partial charge in [-0.2, -0.15) is 0 Å². The van der Waals surface area contributed by atoms with Gasteiger partial charge in [-0.15, -0.1) is 0 Å². The number of benzene rings is 2. The molecule has 98 valence electrons. The summed E-state index contributed by atoms with van der Waals surface area (Å²) < 4.78 is 0. The van der Waals surface area contributed by atoms with Crippen LogP contribution < -0.4 is 0 Å². The highest BCUT2D eigenvalue weighted by molar-refractivity contribution is 6.30. The monoisotopic (exact) mass is 274 g/mol. The van der Waals surface area contributed by atoms with E-state index in [0.717, 1.165) is 11.1 Å². The smallest absolute Gasteiger partial charge is 0.310 e. The minimum atomic E-state index is -0.784. The second-order valence-corrected chi connectivity index (χ2v) is 4.91. The maximum Gasteiger partial charge on any atom is 0.310 e. The quantitative estimate of drug-likeness (QED) is 0.890. The molecule has 2 nitrogen and oxygen atoms in total. The second kappa shape index (κ2) is 6.39. The average molecular weight is 275 g/mol. The molecule has 0 aliphatic carbocycles. The van der Waals surface area contributed by atoms with Gasteiger partial charge in [-0.25, -0.2) is 0 Å². The number of aryl methyl sites for hydroxylation is 1. The molecular weight excluding hydrogens is 260 g/mol. The number of hydrogen-bond donors (Lipinski definition) is 1. The molecule has 0 bridgehead atoms. The predicted molar refractivity (Wildman–Crippen MR) is 76.6 cm³/mol. The molecule has 0 radical (unpaired) electrons. The Morgan fingerprint density at radius 2 is 1.84 bits per heavy atom. The number of halogens is 1. The summed E-state index contributed by atoms with van der Waals surface area (Å²) in [6, 6.07) is 16.9. The molecule has 0 fully saturated rings. The van der Waals surface area contributed by atoms with Crippen LogP contribution >= 0.6 is 11.6 Å². The van der Waals surface area contributed by atoms with Crippen molar-refractivity contribution in [1.82, 2.24) is 0 Å². The Morgan fingerprint density at radius 3 is 2.47 bits per heavy atom. The SMILES string of the molecule is O=C(O)C(CCc1cccc(Cl)c1)c1ccccc1. The minimum Gasteiger partial charge on any atom is -0.481 e. The van der Waals surface area contributed by atoms with E-state index in [9.17, 15) is 9.90 Å². The summed E-state index contributed by atoms with van der Waals surface area (Å²) in [4.78, 5) is 11.4. The second-order valence-electron chi connectivity index (χ2n) is 4.47. The van der Waals surface area contributed by atoms with Gasteiger partial charge in [0.05, 0.1) is 5.92 Å². The van der Waals surface area contributed by atoms with E-state index in [-0.39, 0.29) is 0 Å². The first-order valence-corrected chi connectivity index (χ1v) is 6.57. The normalized spacial score (nSPS) is 12.1. The number of carboxylic acid groups (broad SMARTS) is 1. The lowest BCUT2D eigenvalue weighted by Crippen LogP contribution is -2.12. The Hall–Kier alpha value is -1.80.